The molecule has 0 bridgehead atoms. The number of hydrogen-bond acceptors (Lipinski definition) is 6. The number of halogens is 1. The molecule has 4 aromatic rings. The molecule has 1 aromatic carbocycles. The summed E-state index contributed by atoms with van der Waals surface area (Å²) in [4.78, 5) is 28.0. The molecule has 4 heterocycles. The second-order valence-electron chi connectivity index (χ2n) is 9.78. The number of alkyl halides is 1. The van der Waals surface area contributed by atoms with E-state index in [0.29, 0.717) is 46.9 Å². The molecule has 0 unspecified atom stereocenters. The van der Waals surface area contributed by atoms with Crippen molar-refractivity contribution in [2.75, 3.05) is 25.0 Å². The Balaban J connectivity index is 1.39. The molecule has 2 fully saturated rings. The number of anilines is 1. The van der Waals surface area contributed by atoms with Gasteiger partial charge in [0, 0.05) is 41.3 Å². The van der Waals surface area contributed by atoms with Gasteiger partial charge < -0.3 is 14.6 Å². The summed E-state index contributed by atoms with van der Waals surface area (Å²) in [6, 6.07) is 7.28. The summed E-state index contributed by atoms with van der Waals surface area (Å²) < 4.78 is 22.0. The number of piperidine rings is 1. The predicted octanol–water partition coefficient (Wildman–Crippen LogP) is 5.38. The molecule has 35 heavy (non-hydrogen) atoms. The summed E-state index contributed by atoms with van der Waals surface area (Å²) >= 11 is 0. The first-order chi connectivity index (χ1) is 16.9. The van der Waals surface area contributed by atoms with Gasteiger partial charge in [0.1, 0.15) is 17.0 Å². The highest BCUT2D eigenvalue weighted by atomic mass is 19.1. The van der Waals surface area contributed by atoms with Crippen LogP contribution in [-0.2, 0) is 10.5 Å². The number of likely N-dealkylation sites (N-methyl/N-ethyl adjacent to an activating group) is 1. The van der Waals surface area contributed by atoms with Crippen molar-refractivity contribution in [2.45, 2.75) is 45.2 Å². The number of rotatable bonds is 5. The molecule has 3 aromatic heterocycles. The van der Waals surface area contributed by atoms with Crippen LogP contribution in [0.3, 0.4) is 0 Å². The minimum absolute atomic E-state index is 0.00284. The Hall–Kier alpha value is -3.39. The van der Waals surface area contributed by atoms with E-state index in [-0.39, 0.29) is 11.8 Å². The van der Waals surface area contributed by atoms with Crippen molar-refractivity contribution in [3.63, 3.8) is 0 Å². The summed E-state index contributed by atoms with van der Waals surface area (Å²) in [5.74, 6) is 0.997. The second-order valence-corrected chi connectivity index (χ2v) is 9.78. The third-order valence-electron chi connectivity index (χ3n) is 7.27. The quantitative estimate of drug-likeness (QED) is 0.419. The zero-order chi connectivity index (χ0) is 24.2. The van der Waals surface area contributed by atoms with Crippen LogP contribution in [0.1, 0.15) is 43.9 Å². The van der Waals surface area contributed by atoms with Crippen LogP contribution in [0, 0.1) is 12.8 Å². The van der Waals surface area contributed by atoms with E-state index in [1.807, 2.05) is 25.1 Å². The fraction of sp³-hybridized carbons (Fsp3) is 0.407. The van der Waals surface area contributed by atoms with E-state index < -0.39 is 5.67 Å². The zero-order valence-corrected chi connectivity index (χ0v) is 20.0. The van der Waals surface area contributed by atoms with Gasteiger partial charge in [-0.1, -0.05) is 13.0 Å². The Kier molecular flexibility index (Phi) is 5.29. The summed E-state index contributed by atoms with van der Waals surface area (Å²) in [7, 11) is 0. The first-order valence-corrected chi connectivity index (χ1v) is 12.3. The molecule has 7 nitrogen and oxygen atoms in total. The van der Waals surface area contributed by atoms with Crippen molar-refractivity contribution in [1.29, 1.82) is 0 Å². The molecule has 1 N–H and O–H groups in total. The predicted molar refractivity (Wildman–Crippen MR) is 133 cm³/mol. The minimum Gasteiger partial charge on any atom is -0.436 e. The maximum absolute atomic E-state index is 15.9. The minimum atomic E-state index is -1.39. The molecule has 1 saturated carbocycles. The smallest absolute Gasteiger partial charge is 0.229 e. The molecule has 180 valence electrons. The number of amides is 1. The number of hydrogen-bond donors (Lipinski definition) is 1. The highest BCUT2D eigenvalue weighted by Crippen LogP contribution is 2.38. The second kappa shape index (κ2) is 8.37. The molecule has 1 aliphatic heterocycles. The van der Waals surface area contributed by atoms with Crippen LogP contribution in [0.2, 0.25) is 0 Å². The van der Waals surface area contributed by atoms with Crippen LogP contribution in [0.4, 0.5) is 10.2 Å². The highest BCUT2D eigenvalue weighted by Gasteiger charge is 2.37. The van der Waals surface area contributed by atoms with E-state index in [2.05, 4.69) is 27.1 Å². The van der Waals surface area contributed by atoms with Crippen molar-refractivity contribution in [3.05, 3.63) is 47.9 Å². The molecule has 0 radical (unpaired) electrons. The molecule has 1 saturated heterocycles. The van der Waals surface area contributed by atoms with Crippen LogP contribution in [-0.4, -0.2) is 45.4 Å². The fourth-order valence-electron chi connectivity index (χ4n) is 5.00. The monoisotopic (exact) mass is 473 g/mol. The van der Waals surface area contributed by atoms with E-state index in [4.69, 9.17) is 9.40 Å². The third-order valence-corrected chi connectivity index (χ3v) is 7.27. The standard InChI is InChI=1S/C27H28FN5O2/c1-3-33-10-4-9-27(28,15-33)18-7-8-23-22(11-18)31-26(35-23)21-14-29-16(2)20-13-30-24(12-19(20)21)32-25(34)17-5-6-17/h7-8,11-14,17H,3-6,9-10,15H2,1-2H3,(H,30,32,34)/t27-/m1/s1. The van der Waals surface area contributed by atoms with Gasteiger partial charge in [-0.15, -0.1) is 0 Å². The SMILES string of the molecule is CCN1CCC[C@](F)(c2ccc3oc(-c4cnc(C)c5cnc(NC(=O)C6CC6)cc45)nc3c2)C1. The van der Waals surface area contributed by atoms with Gasteiger partial charge in [-0.2, -0.15) is 0 Å². The molecule has 0 spiro atoms. The van der Waals surface area contributed by atoms with Gasteiger partial charge in [-0.25, -0.2) is 14.4 Å². The summed E-state index contributed by atoms with van der Waals surface area (Å²) in [5, 5.41) is 4.62. The van der Waals surface area contributed by atoms with Gasteiger partial charge in [0.15, 0.2) is 5.58 Å². The van der Waals surface area contributed by atoms with Gasteiger partial charge in [0.25, 0.3) is 0 Å². The van der Waals surface area contributed by atoms with E-state index in [1.165, 1.54) is 0 Å². The third kappa shape index (κ3) is 4.05. The molecule has 8 heteroatoms. The fourth-order valence-corrected chi connectivity index (χ4v) is 5.00. The Bertz CT molecular complexity index is 1450. The number of likely N-dealkylation sites (tertiary alicyclic amines) is 1. The van der Waals surface area contributed by atoms with Crippen molar-refractivity contribution in [3.8, 4) is 11.5 Å². The molecular weight excluding hydrogens is 445 g/mol. The number of nitrogens with one attached hydrogen (secondary N) is 1. The maximum Gasteiger partial charge on any atom is 0.229 e. The number of oxazole rings is 1. The first-order valence-electron chi connectivity index (χ1n) is 12.3. The van der Waals surface area contributed by atoms with Crippen molar-refractivity contribution in [1.82, 2.24) is 19.9 Å². The Morgan fingerprint density at radius 2 is 2.09 bits per heavy atom. The van der Waals surface area contributed by atoms with Gasteiger partial charge >= 0.3 is 0 Å². The Morgan fingerprint density at radius 1 is 1.23 bits per heavy atom. The normalized spacial score (nSPS) is 21.0. The van der Waals surface area contributed by atoms with Gasteiger partial charge in [0.2, 0.25) is 11.8 Å². The molecule has 6 rings (SSSR count). The lowest BCUT2D eigenvalue weighted by Crippen LogP contribution is -2.43. The van der Waals surface area contributed by atoms with Crippen LogP contribution >= 0.6 is 0 Å². The Labute approximate surface area is 202 Å². The summed E-state index contributed by atoms with van der Waals surface area (Å²) in [6.45, 7) is 6.15. The van der Waals surface area contributed by atoms with Gasteiger partial charge in [0.05, 0.1) is 5.56 Å². The lowest BCUT2D eigenvalue weighted by molar-refractivity contribution is -0.117. The van der Waals surface area contributed by atoms with Crippen LogP contribution < -0.4 is 5.32 Å². The number of benzene rings is 1. The van der Waals surface area contributed by atoms with Gasteiger partial charge in [-0.3, -0.25) is 9.78 Å². The summed E-state index contributed by atoms with van der Waals surface area (Å²) in [5.41, 5.74) is 2.00. The van der Waals surface area contributed by atoms with E-state index >= 15 is 4.39 Å². The Morgan fingerprint density at radius 3 is 2.89 bits per heavy atom. The number of pyridine rings is 2. The van der Waals surface area contributed by atoms with Crippen molar-refractivity contribution < 1.29 is 13.6 Å². The van der Waals surface area contributed by atoms with Gasteiger partial charge in [-0.05, 0) is 69.5 Å². The van der Waals surface area contributed by atoms with Crippen LogP contribution in [0.15, 0.2) is 41.1 Å². The maximum atomic E-state index is 15.9. The number of fused-ring (bicyclic) bond motifs is 2. The molecule has 1 aliphatic carbocycles. The van der Waals surface area contributed by atoms with Crippen molar-refractivity contribution in [2.24, 2.45) is 5.92 Å². The number of nitrogens with zero attached hydrogens (tertiary/aromatic N) is 4. The zero-order valence-electron chi connectivity index (χ0n) is 20.0. The number of carbonyl (C=O) groups is 1. The van der Waals surface area contributed by atoms with Crippen LogP contribution in [0.5, 0.6) is 0 Å². The van der Waals surface area contributed by atoms with E-state index in [9.17, 15) is 4.79 Å². The number of aromatic nitrogens is 3. The molecular formula is C27H28FN5O2. The first kappa shape index (κ1) is 22.1. The topological polar surface area (TPSA) is 84.2 Å². The average molecular weight is 474 g/mol. The largest absolute Gasteiger partial charge is 0.436 e. The molecule has 1 amide bonds. The van der Waals surface area contributed by atoms with Crippen LogP contribution in [0.25, 0.3) is 33.3 Å². The molecule has 1 atom stereocenters. The average Bonchev–Trinajstić information content (AvgIpc) is 3.63. The van der Waals surface area contributed by atoms with Crippen molar-refractivity contribution >= 4 is 33.6 Å². The lowest BCUT2D eigenvalue weighted by atomic mass is 9.87. The lowest BCUT2D eigenvalue weighted by Gasteiger charge is -2.37. The number of aryl methyl sites for hydroxylation is 1. The van der Waals surface area contributed by atoms with E-state index in [1.54, 1.807) is 18.5 Å². The number of carbonyl (C=O) groups excluding carboxylic acids is 1. The molecule has 2 aliphatic rings. The highest BCUT2D eigenvalue weighted by molar-refractivity contribution is 6.00. The van der Waals surface area contributed by atoms with E-state index in [0.717, 1.165) is 48.8 Å². The summed E-state index contributed by atoms with van der Waals surface area (Å²) in [6.07, 6.45) is 6.65.